The Kier molecular flexibility index (Phi) is 4.49. The Morgan fingerprint density at radius 1 is 1.53 bits per heavy atom. The van der Waals surface area contributed by atoms with Gasteiger partial charge in [-0.25, -0.2) is 4.98 Å². The number of aliphatic hydroxyl groups is 1. The summed E-state index contributed by atoms with van der Waals surface area (Å²) in [6.07, 6.45) is 4.94. The number of aromatic nitrogens is 2. The van der Waals surface area contributed by atoms with Crippen LogP contribution in [0, 0.1) is 16.0 Å². The number of aliphatic hydroxyl groups excluding tert-OH is 1. The van der Waals surface area contributed by atoms with E-state index in [1.165, 1.54) is 0 Å². The quantitative estimate of drug-likeness (QED) is 0.499. The second-order valence-electron chi connectivity index (χ2n) is 4.61. The van der Waals surface area contributed by atoms with Crippen LogP contribution in [0.3, 0.4) is 0 Å². The van der Waals surface area contributed by atoms with Gasteiger partial charge >= 0.3 is 5.69 Å². The molecule has 0 aromatic carbocycles. The van der Waals surface area contributed by atoms with Gasteiger partial charge in [0.15, 0.2) is 0 Å². The first-order chi connectivity index (χ1) is 9.11. The lowest BCUT2D eigenvalue weighted by Crippen LogP contribution is -2.34. The van der Waals surface area contributed by atoms with Crippen LogP contribution in [-0.4, -0.2) is 32.6 Å². The fourth-order valence-electron chi connectivity index (χ4n) is 2.39. The molecule has 0 bridgehead atoms. The molecule has 104 valence electrons. The summed E-state index contributed by atoms with van der Waals surface area (Å²) >= 11 is 5.68. The van der Waals surface area contributed by atoms with Crippen molar-refractivity contribution < 1.29 is 10.0 Å². The van der Waals surface area contributed by atoms with Crippen LogP contribution in [-0.2, 0) is 0 Å². The fourth-order valence-corrected chi connectivity index (χ4v) is 2.52. The van der Waals surface area contributed by atoms with Crippen LogP contribution in [0.25, 0.3) is 0 Å². The number of nitro groups is 1. The second kappa shape index (κ2) is 6.12. The SMILES string of the molecule is O=[N+]([O-])c1cnc(Cl)nc1NC1CCCCC1CO. The van der Waals surface area contributed by atoms with Crippen LogP contribution < -0.4 is 5.32 Å². The smallest absolute Gasteiger partial charge is 0.329 e. The zero-order valence-electron chi connectivity index (χ0n) is 10.3. The van der Waals surface area contributed by atoms with E-state index in [1.807, 2.05) is 0 Å². The van der Waals surface area contributed by atoms with Crippen molar-refractivity contribution >= 4 is 23.1 Å². The first kappa shape index (κ1) is 14.0. The second-order valence-corrected chi connectivity index (χ2v) is 4.95. The van der Waals surface area contributed by atoms with Crippen molar-refractivity contribution in [2.24, 2.45) is 5.92 Å². The molecule has 7 nitrogen and oxygen atoms in total. The number of halogens is 1. The van der Waals surface area contributed by atoms with Gasteiger partial charge in [0.2, 0.25) is 11.1 Å². The summed E-state index contributed by atoms with van der Waals surface area (Å²) in [4.78, 5) is 17.9. The van der Waals surface area contributed by atoms with Gasteiger partial charge in [-0.1, -0.05) is 12.8 Å². The third-order valence-electron chi connectivity index (χ3n) is 3.40. The van der Waals surface area contributed by atoms with Gasteiger partial charge in [-0.15, -0.1) is 0 Å². The highest BCUT2D eigenvalue weighted by Crippen LogP contribution is 2.29. The lowest BCUT2D eigenvalue weighted by molar-refractivity contribution is -0.384. The zero-order chi connectivity index (χ0) is 13.8. The predicted molar refractivity (Wildman–Crippen MR) is 70.2 cm³/mol. The van der Waals surface area contributed by atoms with Crippen LogP contribution in [0.2, 0.25) is 5.28 Å². The Balaban J connectivity index is 2.21. The molecule has 0 amide bonds. The molecule has 2 rings (SSSR count). The van der Waals surface area contributed by atoms with Crippen molar-refractivity contribution in [2.45, 2.75) is 31.7 Å². The highest BCUT2D eigenvalue weighted by atomic mass is 35.5. The number of nitrogens with zero attached hydrogens (tertiary/aromatic N) is 3. The van der Waals surface area contributed by atoms with Crippen molar-refractivity contribution in [2.75, 3.05) is 11.9 Å². The Labute approximate surface area is 115 Å². The summed E-state index contributed by atoms with van der Waals surface area (Å²) in [6, 6.07) is -0.0246. The molecule has 1 aromatic rings. The molecule has 1 aliphatic carbocycles. The average molecular weight is 287 g/mol. The Morgan fingerprint density at radius 2 is 2.26 bits per heavy atom. The molecule has 0 saturated heterocycles. The largest absolute Gasteiger partial charge is 0.396 e. The highest BCUT2D eigenvalue weighted by molar-refractivity contribution is 6.28. The van der Waals surface area contributed by atoms with E-state index in [0.717, 1.165) is 31.9 Å². The summed E-state index contributed by atoms with van der Waals surface area (Å²) in [5, 5.41) is 23.3. The van der Waals surface area contributed by atoms with Gasteiger partial charge in [-0.2, -0.15) is 4.98 Å². The van der Waals surface area contributed by atoms with Gasteiger partial charge in [0.05, 0.1) is 4.92 Å². The average Bonchev–Trinajstić information content (AvgIpc) is 2.39. The summed E-state index contributed by atoms with van der Waals surface area (Å²) in [5.74, 6) is 0.206. The lowest BCUT2D eigenvalue weighted by atomic mass is 9.85. The standard InChI is InChI=1S/C11H15ClN4O3/c12-11-13-5-9(16(18)19)10(15-11)14-8-4-2-1-3-7(8)6-17/h5,7-8,17H,1-4,6H2,(H,13,14,15). The Bertz CT molecular complexity index is 471. The van der Waals surface area contributed by atoms with Gasteiger partial charge < -0.3 is 10.4 Å². The molecular weight excluding hydrogens is 272 g/mol. The van der Waals surface area contributed by atoms with E-state index < -0.39 is 4.92 Å². The maximum Gasteiger partial charge on any atom is 0.329 e. The van der Waals surface area contributed by atoms with Gasteiger partial charge in [0.25, 0.3) is 0 Å². The maximum atomic E-state index is 10.9. The molecule has 0 aliphatic heterocycles. The van der Waals surface area contributed by atoms with Gasteiger partial charge in [-0.05, 0) is 24.4 Å². The van der Waals surface area contributed by atoms with E-state index in [4.69, 9.17) is 11.6 Å². The molecule has 0 spiro atoms. The molecule has 1 aliphatic rings. The van der Waals surface area contributed by atoms with Gasteiger partial charge in [0.1, 0.15) is 6.20 Å². The Morgan fingerprint density at radius 3 is 2.95 bits per heavy atom. The van der Waals surface area contributed by atoms with Crippen molar-refractivity contribution in [3.8, 4) is 0 Å². The molecule has 1 saturated carbocycles. The predicted octanol–water partition coefficient (Wildman–Crippen LogP) is 2.00. The van der Waals surface area contributed by atoms with Crippen molar-refractivity contribution in [1.29, 1.82) is 0 Å². The minimum Gasteiger partial charge on any atom is -0.396 e. The van der Waals surface area contributed by atoms with E-state index in [-0.39, 0.29) is 35.4 Å². The molecule has 8 heteroatoms. The van der Waals surface area contributed by atoms with Crippen molar-refractivity contribution in [3.05, 3.63) is 21.6 Å². The molecule has 2 atom stereocenters. The maximum absolute atomic E-state index is 10.9. The number of anilines is 1. The van der Waals surface area contributed by atoms with E-state index in [1.54, 1.807) is 0 Å². The third-order valence-corrected chi connectivity index (χ3v) is 3.58. The third kappa shape index (κ3) is 3.30. The molecular formula is C11H15ClN4O3. The topological polar surface area (TPSA) is 101 Å². The van der Waals surface area contributed by atoms with E-state index in [2.05, 4.69) is 15.3 Å². The van der Waals surface area contributed by atoms with Crippen LogP contribution >= 0.6 is 11.6 Å². The fraction of sp³-hybridized carbons (Fsp3) is 0.636. The monoisotopic (exact) mass is 286 g/mol. The van der Waals surface area contributed by atoms with Crippen LogP contribution in [0.4, 0.5) is 11.5 Å². The van der Waals surface area contributed by atoms with Crippen molar-refractivity contribution in [3.63, 3.8) is 0 Å². The summed E-state index contributed by atoms with van der Waals surface area (Å²) in [7, 11) is 0. The molecule has 19 heavy (non-hydrogen) atoms. The number of hydrogen-bond acceptors (Lipinski definition) is 6. The molecule has 0 radical (unpaired) electrons. The van der Waals surface area contributed by atoms with E-state index >= 15 is 0 Å². The van der Waals surface area contributed by atoms with Crippen LogP contribution in [0.5, 0.6) is 0 Å². The van der Waals surface area contributed by atoms with Gasteiger partial charge in [0, 0.05) is 18.6 Å². The van der Waals surface area contributed by atoms with Crippen LogP contribution in [0.1, 0.15) is 25.7 Å². The zero-order valence-corrected chi connectivity index (χ0v) is 11.0. The minimum atomic E-state index is -0.546. The highest BCUT2D eigenvalue weighted by Gasteiger charge is 2.27. The number of rotatable bonds is 4. The summed E-state index contributed by atoms with van der Waals surface area (Å²) in [5.41, 5.74) is -0.202. The summed E-state index contributed by atoms with van der Waals surface area (Å²) < 4.78 is 0. The lowest BCUT2D eigenvalue weighted by Gasteiger charge is -2.31. The Hall–Kier alpha value is -1.47. The summed E-state index contributed by atoms with van der Waals surface area (Å²) in [6.45, 7) is 0.0598. The minimum absolute atomic E-state index is 0.0246. The molecule has 1 aromatic heterocycles. The molecule has 1 fully saturated rings. The van der Waals surface area contributed by atoms with E-state index in [0.29, 0.717) is 0 Å². The first-order valence-electron chi connectivity index (χ1n) is 6.16. The molecule has 2 unspecified atom stereocenters. The van der Waals surface area contributed by atoms with Gasteiger partial charge in [-0.3, -0.25) is 10.1 Å². The number of nitrogens with one attached hydrogen (secondary N) is 1. The van der Waals surface area contributed by atoms with Crippen LogP contribution in [0.15, 0.2) is 6.20 Å². The normalized spacial score (nSPS) is 23.1. The molecule has 1 heterocycles. The van der Waals surface area contributed by atoms with E-state index in [9.17, 15) is 15.2 Å². The number of hydrogen-bond donors (Lipinski definition) is 2. The molecule has 2 N–H and O–H groups in total. The first-order valence-corrected chi connectivity index (χ1v) is 6.54. The van der Waals surface area contributed by atoms with Crippen molar-refractivity contribution in [1.82, 2.24) is 9.97 Å².